The van der Waals surface area contributed by atoms with Gasteiger partial charge in [-0.05, 0) is 37.0 Å². The summed E-state index contributed by atoms with van der Waals surface area (Å²) in [5, 5.41) is 0. The average Bonchev–Trinajstić information content (AvgIpc) is 1.98. The van der Waals surface area contributed by atoms with E-state index in [2.05, 4.69) is 13.8 Å². The number of hydrogen-bond acceptors (Lipinski definition) is 1. The molecule has 1 saturated carbocycles. The van der Waals surface area contributed by atoms with Gasteiger partial charge in [0.2, 0.25) is 0 Å². The smallest absolute Gasteiger partial charge is 0.327 e. The number of halogens is 3. The molecule has 0 heterocycles. The van der Waals surface area contributed by atoms with Crippen molar-refractivity contribution in [3.63, 3.8) is 0 Å². The van der Waals surface area contributed by atoms with Crippen molar-refractivity contribution in [3.05, 3.63) is 0 Å². The van der Waals surface area contributed by atoms with Gasteiger partial charge in [0.1, 0.15) is 0 Å². The summed E-state index contributed by atoms with van der Waals surface area (Å²) in [5.41, 5.74) is 5.64. The quantitative estimate of drug-likeness (QED) is 0.763. The Bertz CT molecular complexity index is 192. The van der Waals surface area contributed by atoms with Gasteiger partial charge in [-0.25, -0.2) is 0 Å². The molecule has 3 atom stereocenters. The van der Waals surface area contributed by atoms with E-state index < -0.39 is 18.6 Å². The third kappa shape index (κ3) is 4.41. The van der Waals surface area contributed by atoms with Crippen molar-refractivity contribution in [3.8, 4) is 0 Å². The van der Waals surface area contributed by atoms with Crippen LogP contribution >= 0.6 is 0 Å². The van der Waals surface area contributed by atoms with Crippen LogP contribution in [0.4, 0.5) is 13.2 Å². The summed E-state index contributed by atoms with van der Waals surface area (Å²) < 4.78 is 36.5. The molecule has 1 fully saturated rings. The normalized spacial score (nSPS) is 35.2. The molecule has 15 heavy (non-hydrogen) atoms. The molecule has 0 radical (unpaired) electrons. The van der Waals surface area contributed by atoms with Crippen molar-refractivity contribution in [1.29, 1.82) is 0 Å². The molecule has 1 aliphatic carbocycles. The van der Waals surface area contributed by atoms with Crippen LogP contribution in [0.5, 0.6) is 0 Å². The predicted octanol–water partition coefficient (Wildman–Crippen LogP) is 3.34. The van der Waals surface area contributed by atoms with Crippen LogP contribution in [0.2, 0.25) is 0 Å². The first-order chi connectivity index (χ1) is 6.78. The van der Waals surface area contributed by atoms with Crippen LogP contribution in [0, 0.1) is 17.8 Å². The second kappa shape index (κ2) is 4.73. The Morgan fingerprint density at radius 2 is 1.60 bits per heavy atom. The molecule has 0 aromatic heterocycles. The fraction of sp³-hybridized carbons (Fsp3) is 1.00. The predicted molar refractivity (Wildman–Crippen MR) is 54.3 cm³/mol. The summed E-state index contributed by atoms with van der Waals surface area (Å²) in [6.45, 7) is 4.20. The molecular weight excluding hydrogens is 203 g/mol. The van der Waals surface area contributed by atoms with E-state index in [9.17, 15) is 13.2 Å². The summed E-state index contributed by atoms with van der Waals surface area (Å²) in [5.74, 6) is 1.07. The number of rotatable bonds is 2. The van der Waals surface area contributed by atoms with E-state index in [1.54, 1.807) is 0 Å². The zero-order valence-electron chi connectivity index (χ0n) is 9.35. The fourth-order valence-electron chi connectivity index (χ4n) is 2.79. The van der Waals surface area contributed by atoms with Crippen molar-refractivity contribution in [2.24, 2.45) is 23.5 Å². The molecule has 3 unspecified atom stereocenters. The SMILES string of the molecule is CC1CC(C)CC(C(N)CC(F)(F)F)C1. The maximum absolute atomic E-state index is 12.2. The Morgan fingerprint density at radius 3 is 2.00 bits per heavy atom. The van der Waals surface area contributed by atoms with Gasteiger partial charge in [-0.3, -0.25) is 0 Å². The third-order valence-corrected chi connectivity index (χ3v) is 3.29. The number of alkyl halides is 3. The highest BCUT2D eigenvalue weighted by Crippen LogP contribution is 2.36. The number of nitrogens with two attached hydrogens (primary N) is 1. The van der Waals surface area contributed by atoms with Gasteiger partial charge in [-0.15, -0.1) is 0 Å². The maximum Gasteiger partial charge on any atom is 0.390 e. The fourth-order valence-corrected chi connectivity index (χ4v) is 2.79. The van der Waals surface area contributed by atoms with Crippen molar-refractivity contribution in [1.82, 2.24) is 0 Å². The Labute approximate surface area is 89.2 Å². The van der Waals surface area contributed by atoms with Gasteiger partial charge < -0.3 is 5.73 Å². The van der Waals surface area contributed by atoms with Crippen LogP contribution in [0.15, 0.2) is 0 Å². The first-order valence-electron chi connectivity index (χ1n) is 5.60. The minimum atomic E-state index is -4.12. The van der Waals surface area contributed by atoms with Crippen LogP contribution < -0.4 is 5.73 Å². The van der Waals surface area contributed by atoms with E-state index >= 15 is 0 Å². The van der Waals surface area contributed by atoms with Crippen LogP contribution in [-0.2, 0) is 0 Å². The lowest BCUT2D eigenvalue weighted by atomic mass is 9.73. The Hall–Kier alpha value is -0.250. The van der Waals surface area contributed by atoms with Gasteiger partial charge >= 0.3 is 6.18 Å². The molecule has 2 N–H and O–H groups in total. The summed E-state index contributed by atoms with van der Waals surface area (Å²) in [7, 11) is 0. The zero-order valence-corrected chi connectivity index (χ0v) is 9.35. The Morgan fingerprint density at radius 1 is 1.13 bits per heavy atom. The van der Waals surface area contributed by atoms with Crippen LogP contribution in [0.25, 0.3) is 0 Å². The largest absolute Gasteiger partial charge is 0.390 e. The minimum absolute atomic E-state index is 0.0466. The van der Waals surface area contributed by atoms with Gasteiger partial charge in [0.05, 0.1) is 6.42 Å². The standard InChI is InChI=1S/C11H20F3N/c1-7-3-8(2)5-9(4-7)10(15)6-11(12,13)14/h7-10H,3-6,15H2,1-2H3. The molecule has 1 aliphatic rings. The van der Waals surface area contributed by atoms with Gasteiger partial charge in [0.25, 0.3) is 0 Å². The van der Waals surface area contributed by atoms with E-state index in [1.165, 1.54) is 0 Å². The Balaban J connectivity index is 2.48. The molecule has 0 saturated heterocycles. The first kappa shape index (κ1) is 12.8. The molecule has 0 spiro atoms. The van der Waals surface area contributed by atoms with Crippen LogP contribution in [-0.4, -0.2) is 12.2 Å². The lowest BCUT2D eigenvalue weighted by Gasteiger charge is -2.35. The second-order valence-corrected chi connectivity index (χ2v) is 5.16. The lowest BCUT2D eigenvalue weighted by molar-refractivity contribution is -0.142. The molecule has 0 aromatic rings. The summed E-state index contributed by atoms with van der Waals surface area (Å²) >= 11 is 0. The minimum Gasteiger partial charge on any atom is -0.327 e. The molecule has 0 aliphatic heterocycles. The maximum atomic E-state index is 12.2. The van der Waals surface area contributed by atoms with E-state index in [-0.39, 0.29) is 5.92 Å². The van der Waals surface area contributed by atoms with E-state index in [0.717, 1.165) is 19.3 Å². The van der Waals surface area contributed by atoms with Gasteiger partial charge in [0, 0.05) is 6.04 Å². The monoisotopic (exact) mass is 223 g/mol. The topological polar surface area (TPSA) is 26.0 Å². The average molecular weight is 223 g/mol. The summed E-state index contributed by atoms with van der Waals surface area (Å²) in [6.07, 6.45) is -2.14. The molecule has 1 nitrogen and oxygen atoms in total. The molecule has 90 valence electrons. The Kier molecular flexibility index (Phi) is 4.04. The second-order valence-electron chi connectivity index (χ2n) is 5.16. The molecule has 0 amide bonds. The summed E-state index contributed by atoms with van der Waals surface area (Å²) in [6, 6.07) is -0.713. The van der Waals surface area contributed by atoms with Crippen molar-refractivity contribution >= 4 is 0 Å². The zero-order chi connectivity index (χ0) is 11.6. The number of hydrogen-bond donors (Lipinski definition) is 1. The van der Waals surface area contributed by atoms with E-state index in [0.29, 0.717) is 11.8 Å². The molecule has 0 bridgehead atoms. The van der Waals surface area contributed by atoms with Gasteiger partial charge in [-0.1, -0.05) is 13.8 Å². The van der Waals surface area contributed by atoms with E-state index in [4.69, 9.17) is 5.73 Å². The highest BCUT2D eigenvalue weighted by atomic mass is 19.4. The highest BCUT2D eigenvalue weighted by molar-refractivity contribution is 4.83. The van der Waals surface area contributed by atoms with Gasteiger partial charge in [-0.2, -0.15) is 13.2 Å². The van der Waals surface area contributed by atoms with Crippen molar-refractivity contribution < 1.29 is 13.2 Å². The van der Waals surface area contributed by atoms with Crippen molar-refractivity contribution in [2.45, 2.75) is 51.7 Å². The van der Waals surface area contributed by atoms with Gasteiger partial charge in [0.15, 0.2) is 0 Å². The van der Waals surface area contributed by atoms with Crippen LogP contribution in [0.3, 0.4) is 0 Å². The molecular formula is C11H20F3N. The molecule has 1 rings (SSSR count). The lowest BCUT2D eigenvalue weighted by Crippen LogP contribution is -2.38. The molecule has 4 heteroatoms. The highest BCUT2D eigenvalue weighted by Gasteiger charge is 2.36. The summed E-state index contributed by atoms with van der Waals surface area (Å²) in [4.78, 5) is 0. The molecule has 0 aromatic carbocycles. The van der Waals surface area contributed by atoms with Crippen molar-refractivity contribution in [2.75, 3.05) is 0 Å². The third-order valence-electron chi connectivity index (χ3n) is 3.29. The van der Waals surface area contributed by atoms with Crippen LogP contribution in [0.1, 0.15) is 39.5 Å². The van der Waals surface area contributed by atoms with E-state index in [1.807, 2.05) is 0 Å². The first-order valence-corrected chi connectivity index (χ1v) is 5.60.